The van der Waals surface area contributed by atoms with Crippen LogP contribution in [0, 0.1) is 5.82 Å². The van der Waals surface area contributed by atoms with E-state index in [-0.39, 0.29) is 29.7 Å². The highest BCUT2D eigenvalue weighted by Crippen LogP contribution is 2.43. The summed E-state index contributed by atoms with van der Waals surface area (Å²) >= 11 is 1.33. The van der Waals surface area contributed by atoms with Gasteiger partial charge in [-0.05, 0) is 24.6 Å². The van der Waals surface area contributed by atoms with Crippen molar-refractivity contribution in [2.45, 2.75) is 13.0 Å². The van der Waals surface area contributed by atoms with E-state index in [1.165, 1.54) is 28.8 Å². The molecule has 7 heteroatoms. The molecule has 1 amide bonds. The van der Waals surface area contributed by atoms with E-state index in [4.69, 9.17) is 4.74 Å². The Morgan fingerprint density at radius 2 is 1.93 bits per heavy atom. The molecule has 142 valence electrons. The normalized spacial score (nSPS) is 18.8. The number of thioether (sulfide) groups is 1. The number of aliphatic imine (C=N–C) groups is 1. The van der Waals surface area contributed by atoms with Crippen molar-refractivity contribution in [2.24, 2.45) is 4.99 Å². The third-order valence-electron chi connectivity index (χ3n) is 4.52. The summed E-state index contributed by atoms with van der Waals surface area (Å²) in [6.07, 6.45) is 0. The van der Waals surface area contributed by atoms with Crippen molar-refractivity contribution >= 4 is 34.5 Å². The average molecular weight is 396 g/mol. The third kappa shape index (κ3) is 3.22. The lowest BCUT2D eigenvalue weighted by molar-refractivity contribution is -0.139. The molecule has 2 aromatic carbocycles. The van der Waals surface area contributed by atoms with Gasteiger partial charge in [0.25, 0.3) is 0 Å². The summed E-state index contributed by atoms with van der Waals surface area (Å²) in [5.41, 5.74) is 2.13. The van der Waals surface area contributed by atoms with Crippen LogP contribution in [0.5, 0.6) is 0 Å². The lowest BCUT2D eigenvalue weighted by Crippen LogP contribution is -2.39. The molecule has 1 saturated heterocycles. The maximum atomic E-state index is 13.5. The van der Waals surface area contributed by atoms with Gasteiger partial charge in [0.15, 0.2) is 5.17 Å². The zero-order chi connectivity index (χ0) is 19.7. The van der Waals surface area contributed by atoms with Crippen molar-refractivity contribution in [1.29, 1.82) is 0 Å². The maximum Gasteiger partial charge on any atom is 0.338 e. The Morgan fingerprint density at radius 1 is 1.21 bits per heavy atom. The van der Waals surface area contributed by atoms with Crippen LogP contribution in [0.4, 0.5) is 4.39 Å². The summed E-state index contributed by atoms with van der Waals surface area (Å²) in [6.45, 7) is 1.92. The first-order valence-corrected chi connectivity index (χ1v) is 9.84. The van der Waals surface area contributed by atoms with Gasteiger partial charge in [-0.2, -0.15) is 0 Å². The Kier molecular flexibility index (Phi) is 5.00. The minimum atomic E-state index is -0.718. The summed E-state index contributed by atoms with van der Waals surface area (Å²) in [5.74, 6) is -0.829. The number of ether oxygens (including phenoxy) is 1. The van der Waals surface area contributed by atoms with Crippen LogP contribution in [0.3, 0.4) is 0 Å². The number of nitrogens with zero attached hydrogens (tertiary/aromatic N) is 2. The minimum absolute atomic E-state index is 0.146. The van der Waals surface area contributed by atoms with E-state index in [0.717, 1.165) is 5.56 Å². The van der Waals surface area contributed by atoms with E-state index in [0.29, 0.717) is 16.4 Å². The SMILES string of the molecule is CCOC(=O)C1=C(c2ccccc2)N=C2SCC(=O)N2[C@H]1c1ccc(F)cc1. The van der Waals surface area contributed by atoms with Gasteiger partial charge in [-0.3, -0.25) is 9.69 Å². The third-order valence-corrected chi connectivity index (χ3v) is 5.46. The van der Waals surface area contributed by atoms with Gasteiger partial charge >= 0.3 is 5.97 Å². The summed E-state index contributed by atoms with van der Waals surface area (Å²) < 4.78 is 18.8. The van der Waals surface area contributed by atoms with Crippen molar-refractivity contribution < 1.29 is 18.7 Å². The van der Waals surface area contributed by atoms with Crippen molar-refractivity contribution in [2.75, 3.05) is 12.4 Å². The number of amidine groups is 1. The lowest BCUT2D eigenvalue weighted by Gasteiger charge is -2.33. The monoisotopic (exact) mass is 396 g/mol. The maximum absolute atomic E-state index is 13.5. The number of rotatable bonds is 4. The van der Waals surface area contributed by atoms with E-state index < -0.39 is 12.0 Å². The second-order valence-corrected chi connectivity index (χ2v) is 7.19. The molecule has 4 rings (SSSR count). The number of halogens is 1. The zero-order valence-electron chi connectivity index (χ0n) is 15.1. The lowest BCUT2D eigenvalue weighted by atomic mass is 9.92. The molecular formula is C21H17FN2O3S. The Labute approximate surface area is 165 Å². The fraction of sp³-hybridized carbons (Fsp3) is 0.190. The number of hydrogen-bond donors (Lipinski definition) is 0. The Balaban J connectivity index is 1.96. The average Bonchev–Trinajstić information content (AvgIpc) is 3.09. The van der Waals surface area contributed by atoms with Crippen LogP contribution < -0.4 is 0 Å². The van der Waals surface area contributed by atoms with Crippen molar-refractivity contribution in [3.05, 3.63) is 77.1 Å². The molecule has 0 spiro atoms. The number of carbonyl (C=O) groups excluding carboxylic acids is 2. The molecule has 0 unspecified atom stereocenters. The van der Waals surface area contributed by atoms with Gasteiger partial charge < -0.3 is 4.74 Å². The smallest absolute Gasteiger partial charge is 0.338 e. The zero-order valence-corrected chi connectivity index (χ0v) is 15.9. The van der Waals surface area contributed by atoms with Crippen LogP contribution >= 0.6 is 11.8 Å². The molecule has 0 saturated carbocycles. The van der Waals surface area contributed by atoms with Gasteiger partial charge in [0.2, 0.25) is 5.91 Å². The van der Waals surface area contributed by atoms with E-state index in [1.54, 1.807) is 19.1 Å². The largest absolute Gasteiger partial charge is 0.463 e. The molecule has 0 aliphatic carbocycles. The number of fused-ring (bicyclic) bond motifs is 1. The summed E-state index contributed by atoms with van der Waals surface area (Å²) in [7, 11) is 0. The quantitative estimate of drug-likeness (QED) is 0.738. The first-order chi connectivity index (χ1) is 13.6. The molecular weight excluding hydrogens is 379 g/mol. The number of carbonyl (C=O) groups is 2. The van der Waals surface area contributed by atoms with Crippen LogP contribution in [-0.2, 0) is 14.3 Å². The van der Waals surface area contributed by atoms with Crippen molar-refractivity contribution in [1.82, 2.24) is 4.90 Å². The summed E-state index contributed by atoms with van der Waals surface area (Å²) in [5, 5.41) is 0.534. The first kappa shape index (κ1) is 18.4. The Bertz CT molecular complexity index is 986. The van der Waals surface area contributed by atoms with Crippen LogP contribution in [0.2, 0.25) is 0 Å². The standard InChI is InChI=1S/C21H17FN2O3S/c1-2-27-20(26)17-18(13-6-4-3-5-7-13)23-21-24(16(25)12-28-21)19(17)14-8-10-15(22)11-9-14/h3-11,19H,2,12H2,1H3/t19-/m0/s1. The van der Waals surface area contributed by atoms with Crippen LogP contribution in [0.1, 0.15) is 24.1 Å². The molecule has 0 radical (unpaired) electrons. The molecule has 0 aromatic heterocycles. The molecule has 0 N–H and O–H groups in total. The highest BCUT2D eigenvalue weighted by Gasteiger charge is 2.44. The molecule has 2 aliphatic heterocycles. The topological polar surface area (TPSA) is 59.0 Å². The molecule has 1 fully saturated rings. The molecule has 2 heterocycles. The molecule has 1 atom stereocenters. The van der Waals surface area contributed by atoms with Gasteiger partial charge in [-0.1, -0.05) is 54.2 Å². The predicted molar refractivity (Wildman–Crippen MR) is 106 cm³/mol. The van der Waals surface area contributed by atoms with Crippen LogP contribution in [-0.4, -0.2) is 34.3 Å². The van der Waals surface area contributed by atoms with Gasteiger partial charge in [-0.25, -0.2) is 14.2 Å². The predicted octanol–water partition coefficient (Wildman–Crippen LogP) is 3.79. The summed E-state index contributed by atoms with van der Waals surface area (Å²) in [4.78, 5) is 31.7. The van der Waals surface area contributed by atoms with E-state index >= 15 is 0 Å². The van der Waals surface area contributed by atoms with Gasteiger partial charge in [-0.15, -0.1) is 0 Å². The van der Waals surface area contributed by atoms with Gasteiger partial charge in [0.1, 0.15) is 5.82 Å². The first-order valence-electron chi connectivity index (χ1n) is 8.86. The Hall–Kier alpha value is -2.93. The Morgan fingerprint density at radius 3 is 2.61 bits per heavy atom. The van der Waals surface area contributed by atoms with E-state index in [2.05, 4.69) is 4.99 Å². The van der Waals surface area contributed by atoms with E-state index in [9.17, 15) is 14.0 Å². The highest BCUT2D eigenvalue weighted by atomic mass is 32.2. The van der Waals surface area contributed by atoms with Crippen LogP contribution in [0.15, 0.2) is 65.2 Å². The fourth-order valence-corrected chi connectivity index (χ4v) is 4.21. The minimum Gasteiger partial charge on any atom is -0.463 e. The fourth-order valence-electron chi connectivity index (χ4n) is 3.32. The van der Waals surface area contributed by atoms with Gasteiger partial charge in [0.05, 0.1) is 29.7 Å². The van der Waals surface area contributed by atoms with Crippen molar-refractivity contribution in [3.8, 4) is 0 Å². The van der Waals surface area contributed by atoms with Crippen molar-refractivity contribution in [3.63, 3.8) is 0 Å². The number of benzene rings is 2. The van der Waals surface area contributed by atoms with Crippen LogP contribution in [0.25, 0.3) is 5.70 Å². The number of esters is 1. The second-order valence-electron chi connectivity index (χ2n) is 6.25. The molecule has 28 heavy (non-hydrogen) atoms. The van der Waals surface area contributed by atoms with Gasteiger partial charge in [0, 0.05) is 5.56 Å². The molecule has 5 nitrogen and oxygen atoms in total. The molecule has 0 bridgehead atoms. The number of hydrogen-bond acceptors (Lipinski definition) is 5. The molecule has 2 aromatic rings. The highest BCUT2D eigenvalue weighted by molar-refractivity contribution is 8.15. The second kappa shape index (κ2) is 7.59. The van der Waals surface area contributed by atoms with E-state index in [1.807, 2.05) is 30.3 Å². The number of amides is 1. The molecule has 2 aliphatic rings. The summed E-state index contributed by atoms with van der Waals surface area (Å²) in [6, 6.07) is 14.4.